The predicted molar refractivity (Wildman–Crippen MR) is 71.0 cm³/mol. The van der Waals surface area contributed by atoms with Gasteiger partial charge in [-0.1, -0.05) is 5.16 Å². The van der Waals surface area contributed by atoms with E-state index in [9.17, 15) is 9.90 Å². The van der Waals surface area contributed by atoms with Gasteiger partial charge in [-0.2, -0.15) is 0 Å². The molecule has 1 N–H and O–H groups in total. The van der Waals surface area contributed by atoms with Crippen LogP contribution in [0, 0.1) is 0 Å². The molecule has 0 aliphatic heterocycles. The zero-order chi connectivity index (χ0) is 14.0. The summed E-state index contributed by atoms with van der Waals surface area (Å²) in [5.41, 5.74) is 1.40. The van der Waals surface area contributed by atoms with E-state index in [0.717, 1.165) is 37.0 Å². The van der Waals surface area contributed by atoms with E-state index >= 15 is 0 Å². The first-order valence-electron chi connectivity index (χ1n) is 6.97. The van der Waals surface area contributed by atoms with Gasteiger partial charge in [-0.05, 0) is 40.0 Å². The van der Waals surface area contributed by atoms with Crippen LogP contribution in [0.25, 0.3) is 0 Å². The second-order valence-electron chi connectivity index (χ2n) is 5.54. The van der Waals surface area contributed by atoms with E-state index in [1.165, 1.54) is 0 Å². The molecule has 1 atom stereocenters. The van der Waals surface area contributed by atoms with Gasteiger partial charge in [0.1, 0.15) is 5.76 Å². The highest BCUT2D eigenvalue weighted by atomic mass is 16.5. The predicted octanol–water partition coefficient (Wildman–Crippen LogP) is 1.78. The van der Waals surface area contributed by atoms with Crippen molar-refractivity contribution in [2.75, 3.05) is 6.54 Å². The summed E-state index contributed by atoms with van der Waals surface area (Å²) in [6, 6.07) is 0.0260. The molecule has 0 aromatic carbocycles. The average molecular weight is 266 g/mol. The minimum absolute atomic E-state index is 0.0260. The molecular weight excluding hydrogens is 244 g/mol. The van der Waals surface area contributed by atoms with Gasteiger partial charge in [-0.3, -0.25) is 4.79 Å². The van der Waals surface area contributed by atoms with Crippen molar-refractivity contribution in [3.05, 3.63) is 17.0 Å². The molecule has 19 heavy (non-hydrogen) atoms. The molecule has 1 aliphatic rings. The van der Waals surface area contributed by atoms with Crippen molar-refractivity contribution < 1.29 is 14.4 Å². The van der Waals surface area contributed by atoms with Crippen molar-refractivity contribution >= 4 is 5.91 Å². The number of hydrogen-bond donors (Lipinski definition) is 1. The van der Waals surface area contributed by atoms with Gasteiger partial charge in [0.15, 0.2) is 5.69 Å². The highest BCUT2D eigenvalue weighted by Gasteiger charge is 2.29. The van der Waals surface area contributed by atoms with Crippen LogP contribution in [-0.4, -0.2) is 39.8 Å². The lowest BCUT2D eigenvalue weighted by Crippen LogP contribution is -2.42. The smallest absolute Gasteiger partial charge is 0.276 e. The van der Waals surface area contributed by atoms with Crippen molar-refractivity contribution in [2.45, 2.75) is 58.6 Å². The van der Waals surface area contributed by atoms with E-state index in [1.807, 2.05) is 13.8 Å². The van der Waals surface area contributed by atoms with Crippen LogP contribution in [0.4, 0.5) is 0 Å². The molecule has 0 radical (unpaired) electrons. The maximum absolute atomic E-state index is 12.5. The third-order valence-electron chi connectivity index (χ3n) is 3.50. The number of amides is 1. The first kappa shape index (κ1) is 14.1. The minimum Gasteiger partial charge on any atom is -0.392 e. The average Bonchev–Trinajstić information content (AvgIpc) is 2.78. The van der Waals surface area contributed by atoms with Crippen LogP contribution < -0.4 is 0 Å². The van der Waals surface area contributed by atoms with E-state index in [4.69, 9.17) is 4.52 Å². The fraction of sp³-hybridized carbons (Fsp3) is 0.714. The molecule has 1 aliphatic carbocycles. The first-order valence-corrected chi connectivity index (χ1v) is 6.97. The Balaban J connectivity index is 2.24. The van der Waals surface area contributed by atoms with E-state index in [0.29, 0.717) is 12.2 Å². The lowest BCUT2D eigenvalue weighted by Gasteiger charge is -2.27. The van der Waals surface area contributed by atoms with Gasteiger partial charge in [0, 0.05) is 24.6 Å². The van der Waals surface area contributed by atoms with Crippen molar-refractivity contribution in [2.24, 2.45) is 0 Å². The molecule has 0 fully saturated rings. The maximum atomic E-state index is 12.5. The Bertz CT molecular complexity index is 452. The zero-order valence-electron chi connectivity index (χ0n) is 11.8. The summed E-state index contributed by atoms with van der Waals surface area (Å²) in [6.45, 7) is 5.87. The summed E-state index contributed by atoms with van der Waals surface area (Å²) in [7, 11) is 0. The third-order valence-corrected chi connectivity index (χ3v) is 3.50. The Morgan fingerprint density at radius 1 is 1.37 bits per heavy atom. The SMILES string of the molecule is CC(O)CN(C(=O)c1noc2c1CCCC2)C(C)C. The number of aliphatic hydroxyl groups excluding tert-OH is 1. The Kier molecular flexibility index (Phi) is 4.24. The third kappa shape index (κ3) is 2.97. The van der Waals surface area contributed by atoms with Gasteiger partial charge in [0.05, 0.1) is 6.10 Å². The van der Waals surface area contributed by atoms with Crippen LogP contribution >= 0.6 is 0 Å². The van der Waals surface area contributed by atoms with E-state index < -0.39 is 6.10 Å². The molecule has 0 saturated heterocycles. The van der Waals surface area contributed by atoms with Crippen molar-refractivity contribution in [1.82, 2.24) is 10.1 Å². The molecule has 106 valence electrons. The Hall–Kier alpha value is -1.36. The standard InChI is InChI=1S/C14H22N2O3/c1-9(2)16(8-10(3)17)14(18)13-11-6-4-5-7-12(11)19-15-13/h9-10,17H,4-8H2,1-3H3. The number of carbonyl (C=O) groups excluding carboxylic acids is 1. The number of aromatic nitrogens is 1. The molecule has 1 unspecified atom stereocenters. The van der Waals surface area contributed by atoms with E-state index in [1.54, 1.807) is 11.8 Å². The van der Waals surface area contributed by atoms with Gasteiger partial charge in [-0.25, -0.2) is 0 Å². The summed E-state index contributed by atoms with van der Waals surface area (Å²) in [5, 5.41) is 13.5. The largest absolute Gasteiger partial charge is 0.392 e. The number of nitrogens with zero attached hydrogens (tertiary/aromatic N) is 2. The summed E-state index contributed by atoms with van der Waals surface area (Å²) >= 11 is 0. The molecule has 5 nitrogen and oxygen atoms in total. The summed E-state index contributed by atoms with van der Waals surface area (Å²) in [5.74, 6) is 0.721. The fourth-order valence-corrected chi connectivity index (χ4v) is 2.50. The molecule has 0 spiro atoms. The molecule has 0 saturated carbocycles. The molecule has 2 rings (SSSR count). The number of hydrogen-bond acceptors (Lipinski definition) is 4. The summed E-state index contributed by atoms with van der Waals surface area (Å²) in [6.07, 6.45) is 3.35. The lowest BCUT2D eigenvalue weighted by molar-refractivity contribution is 0.0568. The molecule has 1 aromatic rings. The van der Waals surface area contributed by atoms with Crippen molar-refractivity contribution in [3.8, 4) is 0 Å². The second-order valence-corrected chi connectivity index (χ2v) is 5.54. The number of carbonyl (C=O) groups is 1. The number of aliphatic hydroxyl groups is 1. The van der Waals surface area contributed by atoms with Crippen LogP contribution in [0.5, 0.6) is 0 Å². The second kappa shape index (κ2) is 5.74. The number of rotatable bonds is 4. The topological polar surface area (TPSA) is 66.6 Å². The molecule has 1 heterocycles. The minimum atomic E-state index is -0.547. The first-order chi connectivity index (χ1) is 9.00. The summed E-state index contributed by atoms with van der Waals surface area (Å²) < 4.78 is 5.28. The van der Waals surface area contributed by atoms with Crippen LogP contribution in [0.3, 0.4) is 0 Å². The van der Waals surface area contributed by atoms with Crippen molar-refractivity contribution in [1.29, 1.82) is 0 Å². The zero-order valence-corrected chi connectivity index (χ0v) is 11.8. The quantitative estimate of drug-likeness (QED) is 0.902. The normalized spacial score (nSPS) is 16.3. The molecule has 0 bridgehead atoms. The van der Waals surface area contributed by atoms with E-state index in [2.05, 4.69) is 5.16 Å². The van der Waals surface area contributed by atoms with Gasteiger partial charge in [0.2, 0.25) is 0 Å². The van der Waals surface area contributed by atoms with Crippen molar-refractivity contribution in [3.63, 3.8) is 0 Å². The van der Waals surface area contributed by atoms with Gasteiger partial charge in [-0.15, -0.1) is 0 Å². The number of aryl methyl sites for hydroxylation is 1. The Morgan fingerprint density at radius 2 is 2.05 bits per heavy atom. The lowest BCUT2D eigenvalue weighted by atomic mass is 9.96. The fourth-order valence-electron chi connectivity index (χ4n) is 2.50. The van der Waals surface area contributed by atoms with Crippen LogP contribution in [-0.2, 0) is 12.8 Å². The molecule has 1 amide bonds. The Morgan fingerprint density at radius 3 is 2.68 bits per heavy atom. The van der Waals surface area contributed by atoms with E-state index in [-0.39, 0.29) is 11.9 Å². The van der Waals surface area contributed by atoms with Crippen LogP contribution in [0.15, 0.2) is 4.52 Å². The molecule has 5 heteroatoms. The number of fused-ring (bicyclic) bond motifs is 1. The molecular formula is C14H22N2O3. The van der Waals surface area contributed by atoms with Gasteiger partial charge in [0.25, 0.3) is 5.91 Å². The molecule has 1 aromatic heterocycles. The monoisotopic (exact) mass is 266 g/mol. The highest BCUT2D eigenvalue weighted by Crippen LogP contribution is 2.25. The van der Waals surface area contributed by atoms with Gasteiger partial charge >= 0.3 is 0 Å². The maximum Gasteiger partial charge on any atom is 0.276 e. The highest BCUT2D eigenvalue weighted by molar-refractivity contribution is 5.94. The Labute approximate surface area is 113 Å². The van der Waals surface area contributed by atoms with Crippen LogP contribution in [0.2, 0.25) is 0 Å². The summed E-state index contributed by atoms with van der Waals surface area (Å²) in [4.78, 5) is 14.2. The van der Waals surface area contributed by atoms with Gasteiger partial charge < -0.3 is 14.5 Å². The van der Waals surface area contributed by atoms with Crippen LogP contribution in [0.1, 0.15) is 55.4 Å².